The first kappa shape index (κ1) is 13.1. The van der Waals surface area contributed by atoms with E-state index in [-0.39, 0.29) is 5.82 Å². The number of imidazole rings is 1. The molecule has 2 aliphatic rings. The molecule has 4 rings (SSSR count). The van der Waals surface area contributed by atoms with Crippen molar-refractivity contribution in [2.75, 3.05) is 24.5 Å². The number of piperidine rings is 1. The van der Waals surface area contributed by atoms with Crippen molar-refractivity contribution in [2.45, 2.75) is 31.7 Å². The molecule has 4 nitrogen and oxygen atoms in total. The molecule has 2 aromatic rings. The smallest absolute Gasteiger partial charge is 0.203 e. The fourth-order valence-electron chi connectivity index (χ4n) is 3.09. The molecule has 0 radical (unpaired) electrons. The minimum absolute atomic E-state index is 0.220. The van der Waals surface area contributed by atoms with Crippen molar-refractivity contribution in [3.63, 3.8) is 0 Å². The maximum atomic E-state index is 13.2. The van der Waals surface area contributed by atoms with Crippen LogP contribution in [0, 0.1) is 11.7 Å². The standard InChI is InChI=1S/C16H21FN4/c17-12-1-4-14-15(9-12)20-16(19-14)21-7-5-11(6-8-21)10-18-13-2-3-13/h1,4,9,11,13,18H,2-3,5-8,10H2,(H,19,20). The molecule has 0 amide bonds. The molecule has 0 bridgehead atoms. The lowest BCUT2D eigenvalue weighted by molar-refractivity contribution is 0.380. The fourth-order valence-corrected chi connectivity index (χ4v) is 3.09. The molecule has 0 atom stereocenters. The molecule has 21 heavy (non-hydrogen) atoms. The summed E-state index contributed by atoms with van der Waals surface area (Å²) in [6, 6.07) is 5.51. The molecule has 1 saturated heterocycles. The quantitative estimate of drug-likeness (QED) is 0.909. The maximum absolute atomic E-state index is 13.2. The van der Waals surface area contributed by atoms with Gasteiger partial charge in [-0.2, -0.15) is 0 Å². The Morgan fingerprint density at radius 2 is 2.05 bits per heavy atom. The monoisotopic (exact) mass is 288 g/mol. The number of halogens is 1. The third-order valence-electron chi connectivity index (χ3n) is 4.62. The Morgan fingerprint density at radius 3 is 2.81 bits per heavy atom. The molecular formula is C16H21FN4. The summed E-state index contributed by atoms with van der Waals surface area (Å²) in [7, 11) is 0. The molecule has 2 N–H and O–H groups in total. The lowest BCUT2D eigenvalue weighted by Gasteiger charge is -2.31. The number of aromatic amines is 1. The van der Waals surface area contributed by atoms with Gasteiger partial charge in [0.05, 0.1) is 11.0 Å². The topological polar surface area (TPSA) is 44.0 Å². The van der Waals surface area contributed by atoms with Gasteiger partial charge < -0.3 is 15.2 Å². The van der Waals surface area contributed by atoms with Gasteiger partial charge in [0, 0.05) is 19.1 Å². The summed E-state index contributed by atoms with van der Waals surface area (Å²) in [5, 5.41) is 3.63. The third kappa shape index (κ3) is 2.88. The fraction of sp³-hybridized carbons (Fsp3) is 0.562. The van der Waals surface area contributed by atoms with Gasteiger partial charge in [0.2, 0.25) is 5.95 Å². The van der Waals surface area contributed by atoms with Gasteiger partial charge in [-0.15, -0.1) is 0 Å². The Kier molecular flexibility index (Phi) is 3.30. The second-order valence-corrected chi connectivity index (χ2v) is 6.33. The summed E-state index contributed by atoms with van der Waals surface area (Å²) in [5.74, 6) is 1.44. The first-order valence-corrected chi connectivity index (χ1v) is 7.91. The number of rotatable bonds is 4. The normalized spacial score (nSPS) is 20.3. The van der Waals surface area contributed by atoms with E-state index in [1.54, 1.807) is 6.07 Å². The summed E-state index contributed by atoms with van der Waals surface area (Å²) < 4.78 is 13.2. The minimum atomic E-state index is -0.220. The van der Waals surface area contributed by atoms with E-state index in [1.165, 1.54) is 37.8 Å². The highest BCUT2D eigenvalue weighted by atomic mass is 19.1. The molecule has 0 spiro atoms. The molecule has 1 aromatic heterocycles. The summed E-state index contributed by atoms with van der Waals surface area (Å²) >= 11 is 0. The Labute approximate surface area is 123 Å². The lowest BCUT2D eigenvalue weighted by Crippen LogP contribution is -2.38. The van der Waals surface area contributed by atoms with E-state index in [4.69, 9.17) is 0 Å². The van der Waals surface area contributed by atoms with Gasteiger partial charge in [0.1, 0.15) is 5.82 Å². The number of fused-ring (bicyclic) bond motifs is 1. The second kappa shape index (κ2) is 5.30. The van der Waals surface area contributed by atoms with Crippen LogP contribution in [-0.2, 0) is 0 Å². The third-order valence-corrected chi connectivity index (χ3v) is 4.62. The van der Waals surface area contributed by atoms with Crippen LogP contribution in [0.15, 0.2) is 18.2 Å². The van der Waals surface area contributed by atoms with Crippen LogP contribution in [0.25, 0.3) is 11.0 Å². The van der Waals surface area contributed by atoms with Crippen molar-refractivity contribution >= 4 is 17.0 Å². The number of aromatic nitrogens is 2. The Hall–Kier alpha value is -1.62. The van der Waals surface area contributed by atoms with E-state index in [9.17, 15) is 4.39 Å². The zero-order valence-electron chi connectivity index (χ0n) is 12.1. The summed E-state index contributed by atoms with van der Waals surface area (Å²) in [4.78, 5) is 10.1. The molecule has 1 aliphatic heterocycles. The first-order chi connectivity index (χ1) is 10.3. The highest BCUT2D eigenvalue weighted by Gasteiger charge is 2.25. The van der Waals surface area contributed by atoms with E-state index in [2.05, 4.69) is 20.2 Å². The summed E-state index contributed by atoms with van der Waals surface area (Å²) in [6.45, 7) is 3.21. The zero-order valence-corrected chi connectivity index (χ0v) is 12.1. The van der Waals surface area contributed by atoms with Gasteiger partial charge in [0.15, 0.2) is 0 Å². The van der Waals surface area contributed by atoms with Crippen LogP contribution in [0.3, 0.4) is 0 Å². The highest BCUT2D eigenvalue weighted by Crippen LogP contribution is 2.25. The average molecular weight is 288 g/mol. The molecule has 2 heterocycles. The second-order valence-electron chi connectivity index (χ2n) is 6.33. The highest BCUT2D eigenvalue weighted by molar-refractivity contribution is 5.77. The van der Waals surface area contributed by atoms with Crippen molar-refractivity contribution in [3.8, 4) is 0 Å². The number of H-pyrrole nitrogens is 1. The van der Waals surface area contributed by atoms with E-state index in [0.717, 1.165) is 48.6 Å². The molecule has 1 aliphatic carbocycles. The maximum Gasteiger partial charge on any atom is 0.203 e. The number of benzene rings is 1. The van der Waals surface area contributed by atoms with Gasteiger partial charge in [0.25, 0.3) is 0 Å². The van der Waals surface area contributed by atoms with E-state index in [1.807, 2.05) is 0 Å². The summed E-state index contributed by atoms with van der Waals surface area (Å²) in [5.41, 5.74) is 1.62. The van der Waals surface area contributed by atoms with E-state index >= 15 is 0 Å². The van der Waals surface area contributed by atoms with Crippen molar-refractivity contribution < 1.29 is 4.39 Å². The first-order valence-electron chi connectivity index (χ1n) is 7.91. The Bertz CT molecular complexity index is 626. The average Bonchev–Trinajstić information content (AvgIpc) is 3.24. The molecule has 1 aromatic carbocycles. The SMILES string of the molecule is Fc1ccc2nc(N3CCC(CNC4CC4)CC3)[nH]c2c1. The lowest BCUT2D eigenvalue weighted by atomic mass is 9.97. The van der Waals surface area contributed by atoms with Gasteiger partial charge >= 0.3 is 0 Å². The number of nitrogens with zero attached hydrogens (tertiary/aromatic N) is 2. The molecular weight excluding hydrogens is 267 g/mol. The number of hydrogen-bond acceptors (Lipinski definition) is 3. The van der Waals surface area contributed by atoms with Crippen molar-refractivity contribution in [1.82, 2.24) is 15.3 Å². The van der Waals surface area contributed by atoms with Crippen LogP contribution in [0.2, 0.25) is 0 Å². The van der Waals surface area contributed by atoms with Crippen molar-refractivity contribution in [2.24, 2.45) is 5.92 Å². The Morgan fingerprint density at radius 1 is 1.24 bits per heavy atom. The molecule has 1 saturated carbocycles. The number of nitrogens with one attached hydrogen (secondary N) is 2. The van der Waals surface area contributed by atoms with E-state index in [0.29, 0.717) is 0 Å². The molecule has 0 unspecified atom stereocenters. The van der Waals surface area contributed by atoms with Gasteiger partial charge in [-0.25, -0.2) is 9.37 Å². The predicted molar refractivity (Wildman–Crippen MR) is 82.0 cm³/mol. The molecule has 5 heteroatoms. The summed E-state index contributed by atoms with van der Waals surface area (Å²) in [6.07, 6.45) is 5.11. The van der Waals surface area contributed by atoms with Crippen molar-refractivity contribution in [1.29, 1.82) is 0 Å². The van der Waals surface area contributed by atoms with E-state index < -0.39 is 0 Å². The van der Waals surface area contributed by atoms with Gasteiger partial charge in [-0.05, 0) is 56.3 Å². The van der Waals surface area contributed by atoms with Crippen LogP contribution in [0.1, 0.15) is 25.7 Å². The zero-order chi connectivity index (χ0) is 14.2. The molecule has 2 fully saturated rings. The largest absolute Gasteiger partial charge is 0.342 e. The number of hydrogen-bond donors (Lipinski definition) is 2. The Balaban J connectivity index is 1.39. The van der Waals surface area contributed by atoms with Crippen LogP contribution >= 0.6 is 0 Å². The number of anilines is 1. The van der Waals surface area contributed by atoms with Crippen molar-refractivity contribution in [3.05, 3.63) is 24.0 Å². The van der Waals surface area contributed by atoms with Crippen LogP contribution in [0.4, 0.5) is 10.3 Å². The molecule has 112 valence electrons. The van der Waals surface area contributed by atoms with Crippen LogP contribution in [-0.4, -0.2) is 35.6 Å². The minimum Gasteiger partial charge on any atom is -0.342 e. The van der Waals surface area contributed by atoms with Crippen LogP contribution < -0.4 is 10.2 Å². The van der Waals surface area contributed by atoms with Gasteiger partial charge in [-0.3, -0.25) is 0 Å². The van der Waals surface area contributed by atoms with Gasteiger partial charge in [-0.1, -0.05) is 0 Å². The predicted octanol–water partition coefficient (Wildman–Crippen LogP) is 2.67. The van der Waals surface area contributed by atoms with Crippen LogP contribution in [0.5, 0.6) is 0 Å².